The molecule has 2 fully saturated rings. The zero-order valence-corrected chi connectivity index (χ0v) is 26.3. The molecule has 0 bridgehead atoms. The van der Waals surface area contributed by atoms with Gasteiger partial charge in [-0.15, -0.1) is 0 Å². The zero-order chi connectivity index (χ0) is 30.2. The fourth-order valence-corrected chi connectivity index (χ4v) is 6.59. The van der Waals surface area contributed by atoms with E-state index in [4.69, 9.17) is 9.47 Å². The summed E-state index contributed by atoms with van der Waals surface area (Å²) in [6, 6.07) is 8.96. The minimum absolute atomic E-state index is 0.130. The lowest BCUT2D eigenvalue weighted by Gasteiger charge is -2.29. The smallest absolute Gasteiger partial charge is 0.340 e. The van der Waals surface area contributed by atoms with E-state index in [-0.39, 0.29) is 25.0 Å². The average Bonchev–Trinajstić information content (AvgIpc) is 3.01. The second-order valence-electron chi connectivity index (χ2n) is 12.9. The Morgan fingerprint density at radius 2 is 1.17 bits per heavy atom. The lowest BCUT2D eigenvalue weighted by molar-refractivity contribution is -0.158. The summed E-state index contributed by atoms with van der Waals surface area (Å²) in [5.74, 6) is -0.253. The third-order valence-electron chi connectivity index (χ3n) is 9.46. The van der Waals surface area contributed by atoms with Crippen LogP contribution in [0.15, 0.2) is 24.3 Å². The lowest BCUT2D eigenvalue weighted by atomic mass is 9.81. The van der Waals surface area contributed by atoms with Crippen LogP contribution in [-0.4, -0.2) is 36.5 Å². The number of ether oxygens (including phenoxy) is 2. The maximum Gasteiger partial charge on any atom is 0.340 e. The molecular formula is C36H56F2O4. The van der Waals surface area contributed by atoms with Crippen LogP contribution in [0.5, 0.6) is 0 Å². The highest BCUT2D eigenvalue weighted by Gasteiger charge is 2.29. The predicted molar refractivity (Wildman–Crippen MR) is 165 cm³/mol. The molecule has 0 radical (unpaired) electrons. The van der Waals surface area contributed by atoms with Gasteiger partial charge in [0.15, 0.2) is 12.3 Å². The number of aryl methyl sites for hydroxylation is 1. The molecule has 238 valence electrons. The lowest BCUT2D eigenvalue weighted by Crippen LogP contribution is -2.29. The number of esters is 2. The molecule has 3 rings (SSSR count). The van der Waals surface area contributed by atoms with E-state index in [0.717, 1.165) is 116 Å². The van der Waals surface area contributed by atoms with Crippen molar-refractivity contribution < 1.29 is 27.8 Å². The molecule has 0 N–H and O–H groups in total. The SMILES string of the molecule is CCCCCC[C@H](F)C(=O)OC1CCC(CCc2ccc(C3CCC(OC(=O)[C@@H](F)CCCCCC)CC3)cc2)CC1. The van der Waals surface area contributed by atoms with Gasteiger partial charge in [0.1, 0.15) is 12.2 Å². The van der Waals surface area contributed by atoms with Crippen LogP contribution in [-0.2, 0) is 25.5 Å². The molecule has 0 saturated heterocycles. The van der Waals surface area contributed by atoms with Gasteiger partial charge in [0.25, 0.3) is 0 Å². The normalized spacial score (nSPS) is 24.1. The van der Waals surface area contributed by atoms with Crippen LogP contribution in [0, 0.1) is 5.92 Å². The molecular weight excluding hydrogens is 534 g/mol. The number of unbranched alkanes of at least 4 members (excludes halogenated alkanes) is 6. The van der Waals surface area contributed by atoms with E-state index in [0.29, 0.717) is 11.8 Å². The molecule has 0 heterocycles. The Morgan fingerprint density at radius 3 is 1.64 bits per heavy atom. The van der Waals surface area contributed by atoms with Gasteiger partial charge in [-0.05, 0) is 113 Å². The average molecular weight is 591 g/mol. The Kier molecular flexibility index (Phi) is 15.9. The van der Waals surface area contributed by atoms with Gasteiger partial charge < -0.3 is 9.47 Å². The summed E-state index contributed by atoms with van der Waals surface area (Å²) in [6.45, 7) is 4.23. The van der Waals surface area contributed by atoms with Crippen molar-refractivity contribution >= 4 is 11.9 Å². The van der Waals surface area contributed by atoms with Crippen LogP contribution >= 0.6 is 0 Å². The summed E-state index contributed by atoms with van der Waals surface area (Å²) in [4.78, 5) is 24.3. The summed E-state index contributed by atoms with van der Waals surface area (Å²) in [6.07, 6.45) is 14.5. The Balaban J connectivity index is 1.29. The van der Waals surface area contributed by atoms with Crippen LogP contribution in [0.4, 0.5) is 8.78 Å². The predicted octanol–water partition coefficient (Wildman–Crippen LogP) is 9.91. The third-order valence-corrected chi connectivity index (χ3v) is 9.46. The van der Waals surface area contributed by atoms with Crippen LogP contribution in [0.2, 0.25) is 0 Å². The van der Waals surface area contributed by atoms with E-state index in [2.05, 4.69) is 38.1 Å². The van der Waals surface area contributed by atoms with Gasteiger partial charge in [0.05, 0.1) is 0 Å². The number of hydrogen-bond donors (Lipinski definition) is 0. The standard InChI is InChI=1S/C36H56F2O4/c1-3-5-7-9-11-33(37)35(39)41-31-23-17-28(18-24-31)14-13-27-15-19-29(20-16-27)30-21-25-32(26-22-30)42-36(40)34(38)12-10-8-6-4-2/h15-16,19-20,28,30-34H,3-14,17-18,21-26H2,1-2H3/t28?,30?,31?,32?,33-,34-/m0/s1. The van der Waals surface area contributed by atoms with E-state index in [1.54, 1.807) is 0 Å². The quantitative estimate of drug-likeness (QED) is 0.126. The Labute approximate surface area is 253 Å². The molecule has 2 atom stereocenters. The van der Waals surface area contributed by atoms with Crippen molar-refractivity contribution in [3.63, 3.8) is 0 Å². The first-order valence-corrected chi connectivity index (χ1v) is 17.2. The number of benzene rings is 1. The van der Waals surface area contributed by atoms with Gasteiger partial charge in [-0.2, -0.15) is 0 Å². The minimum Gasteiger partial charge on any atom is -0.460 e. The molecule has 0 aliphatic heterocycles. The van der Waals surface area contributed by atoms with E-state index >= 15 is 0 Å². The van der Waals surface area contributed by atoms with Gasteiger partial charge in [0, 0.05) is 0 Å². The highest BCUT2D eigenvalue weighted by atomic mass is 19.1. The molecule has 4 nitrogen and oxygen atoms in total. The van der Waals surface area contributed by atoms with Crippen molar-refractivity contribution in [3.8, 4) is 0 Å². The molecule has 1 aromatic rings. The van der Waals surface area contributed by atoms with E-state index in [1.807, 2.05) is 0 Å². The summed E-state index contributed by atoms with van der Waals surface area (Å²) in [5.41, 5.74) is 2.67. The third kappa shape index (κ3) is 12.3. The minimum atomic E-state index is -1.49. The Morgan fingerprint density at radius 1 is 0.690 bits per heavy atom. The zero-order valence-electron chi connectivity index (χ0n) is 26.3. The van der Waals surface area contributed by atoms with Crippen molar-refractivity contribution in [2.45, 2.75) is 173 Å². The summed E-state index contributed by atoms with van der Waals surface area (Å²) in [5, 5.41) is 0. The first kappa shape index (κ1) is 34.5. The second-order valence-corrected chi connectivity index (χ2v) is 12.9. The van der Waals surface area contributed by atoms with Crippen molar-refractivity contribution in [2.75, 3.05) is 0 Å². The van der Waals surface area contributed by atoms with Crippen molar-refractivity contribution in [3.05, 3.63) is 35.4 Å². The first-order valence-electron chi connectivity index (χ1n) is 17.2. The van der Waals surface area contributed by atoms with Crippen molar-refractivity contribution in [1.29, 1.82) is 0 Å². The summed E-state index contributed by atoms with van der Waals surface area (Å²) >= 11 is 0. The van der Waals surface area contributed by atoms with E-state index < -0.39 is 24.3 Å². The van der Waals surface area contributed by atoms with Gasteiger partial charge in [-0.3, -0.25) is 0 Å². The fraction of sp³-hybridized carbons (Fsp3) is 0.778. The molecule has 2 saturated carbocycles. The van der Waals surface area contributed by atoms with Gasteiger partial charge in [0.2, 0.25) is 0 Å². The number of rotatable bonds is 18. The van der Waals surface area contributed by atoms with Crippen LogP contribution in [0.1, 0.15) is 153 Å². The molecule has 0 spiro atoms. The van der Waals surface area contributed by atoms with Gasteiger partial charge >= 0.3 is 11.9 Å². The fourth-order valence-electron chi connectivity index (χ4n) is 6.59. The number of carbonyl (C=O) groups is 2. The summed E-state index contributed by atoms with van der Waals surface area (Å²) < 4.78 is 39.3. The van der Waals surface area contributed by atoms with Gasteiger partial charge in [-0.25, -0.2) is 18.4 Å². The van der Waals surface area contributed by atoms with Crippen LogP contribution < -0.4 is 0 Å². The first-order chi connectivity index (χ1) is 20.4. The number of halogens is 2. The number of hydrogen-bond acceptors (Lipinski definition) is 4. The molecule has 0 aromatic heterocycles. The molecule has 42 heavy (non-hydrogen) atoms. The summed E-state index contributed by atoms with van der Waals surface area (Å²) in [7, 11) is 0. The maximum absolute atomic E-state index is 14.2. The monoisotopic (exact) mass is 590 g/mol. The molecule has 0 amide bonds. The van der Waals surface area contributed by atoms with Crippen LogP contribution in [0.3, 0.4) is 0 Å². The molecule has 0 unspecified atom stereocenters. The number of carbonyl (C=O) groups excluding carboxylic acids is 2. The van der Waals surface area contributed by atoms with Crippen molar-refractivity contribution in [2.24, 2.45) is 5.92 Å². The highest BCUT2D eigenvalue weighted by molar-refractivity contribution is 5.75. The Hall–Kier alpha value is -1.98. The molecule has 1 aromatic carbocycles. The molecule has 2 aliphatic rings. The largest absolute Gasteiger partial charge is 0.460 e. The van der Waals surface area contributed by atoms with Crippen LogP contribution in [0.25, 0.3) is 0 Å². The topological polar surface area (TPSA) is 52.6 Å². The maximum atomic E-state index is 14.2. The molecule has 2 aliphatic carbocycles. The second kappa shape index (κ2) is 19.3. The van der Waals surface area contributed by atoms with Gasteiger partial charge in [-0.1, -0.05) is 76.6 Å². The van der Waals surface area contributed by atoms with E-state index in [9.17, 15) is 18.4 Å². The van der Waals surface area contributed by atoms with Crippen molar-refractivity contribution in [1.82, 2.24) is 0 Å². The molecule has 6 heteroatoms. The Bertz CT molecular complexity index is 888. The number of alkyl halides is 2. The van der Waals surface area contributed by atoms with E-state index in [1.165, 1.54) is 11.1 Å². The highest BCUT2D eigenvalue weighted by Crippen LogP contribution is 2.35.